The van der Waals surface area contributed by atoms with Crippen molar-refractivity contribution in [2.45, 2.75) is 27.2 Å². The molecular weight excluding hydrogens is 398 g/mol. The Kier molecular flexibility index (Phi) is 6.50. The summed E-state index contributed by atoms with van der Waals surface area (Å²) in [4.78, 5) is 19.6. The molecule has 0 saturated heterocycles. The van der Waals surface area contributed by atoms with Crippen LogP contribution in [-0.4, -0.2) is 40.1 Å². The number of rotatable bonds is 8. The summed E-state index contributed by atoms with van der Waals surface area (Å²) in [6, 6.07) is 18.6. The van der Waals surface area contributed by atoms with Crippen LogP contribution < -0.4 is 10.2 Å². The summed E-state index contributed by atoms with van der Waals surface area (Å²) in [5.41, 5.74) is 6.69. The Labute approximate surface area is 188 Å². The lowest BCUT2D eigenvalue weighted by molar-refractivity contribution is 0.0955. The average molecular weight is 428 g/mol. The van der Waals surface area contributed by atoms with E-state index in [4.69, 9.17) is 0 Å². The fraction of sp³-hybridized carbons (Fsp3) is 0.269. The third kappa shape index (κ3) is 4.49. The molecule has 0 fully saturated rings. The van der Waals surface area contributed by atoms with Gasteiger partial charge in [-0.3, -0.25) is 4.79 Å². The van der Waals surface area contributed by atoms with E-state index >= 15 is 0 Å². The maximum absolute atomic E-state index is 12.8. The van der Waals surface area contributed by atoms with E-state index in [0.717, 1.165) is 30.8 Å². The predicted molar refractivity (Wildman–Crippen MR) is 129 cm³/mol. The van der Waals surface area contributed by atoms with Gasteiger partial charge in [-0.25, -0.2) is 9.50 Å². The fourth-order valence-corrected chi connectivity index (χ4v) is 3.85. The van der Waals surface area contributed by atoms with Crippen LogP contribution in [0.3, 0.4) is 0 Å². The van der Waals surface area contributed by atoms with E-state index in [-0.39, 0.29) is 5.91 Å². The van der Waals surface area contributed by atoms with Gasteiger partial charge in [0.05, 0.1) is 11.9 Å². The number of nitrogens with one attached hydrogen (secondary N) is 1. The molecule has 0 aliphatic heterocycles. The fourth-order valence-electron chi connectivity index (χ4n) is 3.85. The van der Waals surface area contributed by atoms with Crippen molar-refractivity contribution < 1.29 is 4.79 Å². The van der Waals surface area contributed by atoms with Crippen LogP contribution in [0.4, 0.5) is 5.69 Å². The van der Waals surface area contributed by atoms with Crippen LogP contribution in [0.2, 0.25) is 0 Å². The molecule has 0 bridgehead atoms. The average Bonchev–Trinajstić information content (AvgIpc) is 3.26. The van der Waals surface area contributed by atoms with Gasteiger partial charge in [0, 0.05) is 37.1 Å². The van der Waals surface area contributed by atoms with E-state index < -0.39 is 0 Å². The van der Waals surface area contributed by atoms with Gasteiger partial charge in [0.15, 0.2) is 5.65 Å². The van der Waals surface area contributed by atoms with Gasteiger partial charge in [0.1, 0.15) is 5.56 Å². The van der Waals surface area contributed by atoms with Crippen molar-refractivity contribution >= 4 is 17.2 Å². The second-order valence-electron chi connectivity index (χ2n) is 7.95. The number of aryl methyl sites for hydroxylation is 2. The van der Waals surface area contributed by atoms with E-state index in [1.807, 2.05) is 24.3 Å². The monoisotopic (exact) mass is 427 g/mol. The summed E-state index contributed by atoms with van der Waals surface area (Å²) in [5.74, 6) is -0.146. The first-order valence-corrected chi connectivity index (χ1v) is 11.1. The molecule has 2 aromatic heterocycles. The first-order valence-electron chi connectivity index (χ1n) is 11.1. The van der Waals surface area contributed by atoms with E-state index in [2.05, 4.69) is 71.4 Å². The number of fused-ring (bicyclic) bond motifs is 1. The minimum atomic E-state index is -0.146. The molecule has 0 radical (unpaired) electrons. The molecule has 0 aliphatic carbocycles. The van der Waals surface area contributed by atoms with E-state index in [1.165, 1.54) is 16.8 Å². The number of para-hydroxylation sites is 1. The largest absolute Gasteiger partial charge is 0.372 e. The van der Waals surface area contributed by atoms with Crippen LogP contribution in [0.5, 0.6) is 0 Å². The molecule has 1 N–H and O–H groups in total. The minimum absolute atomic E-state index is 0.146. The Hall–Kier alpha value is -3.67. The number of aromatic nitrogens is 3. The van der Waals surface area contributed by atoms with Crippen LogP contribution in [-0.2, 0) is 0 Å². The zero-order chi connectivity index (χ0) is 22.5. The minimum Gasteiger partial charge on any atom is -0.372 e. The summed E-state index contributed by atoms with van der Waals surface area (Å²) >= 11 is 0. The summed E-state index contributed by atoms with van der Waals surface area (Å²) in [5, 5.41) is 7.49. The summed E-state index contributed by atoms with van der Waals surface area (Å²) in [7, 11) is 0. The molecule has 164 valence electrons. The van der Waals surface area contributed by atoms with Crippen molar-refractivity contribution in [3.05, 3.63) is 83.7 Å². The van der Waals surface area contributed by atoms with Crippen molar-refractivity contribution in [2.75, 3.05) is 24.5 Å². The number of amides is 1. The van der Waals surface area contributed by atoms with Crippen molar-refractivity contribution in [3.63, 3.8) is 0 Å². The van der Waals surface area contributed by atoms with E-state index in [0.29, 0.717) is 17.8 Å². The highest BCUT2D eigenvalue weighted by molar-refractivity contribution is 5.99. The van der Waals surface area contributed by atoms with Gasteiger partial charge in [-0.15, -0.1) is 0 Å². The third-order valence-corrected chi connectivity index (χ3v) is 5.84. The molecule has 6 heteroatoms. The molecule has 0 saturated carbocycles. The molecule has 4 aromatic rings. The second-order valence-corrected chi connectivity index (χ2v) is 7.95. The lowest BCUT2D eigenvalue weighted by atomic mass is 10.0. The van der Waals surface area contributed by atoms with Crippen LogP contribution in [0, 0.1) is 13.8 Å². The molecule has 1 amide bonds. The Morgan fingerprint density at radius 1 is 1.06 bits per heavy atom. The van der Waals surface area contributed by atoms with Crippen LogP contribution >= 0.6 is 0 Å². The van der Waals surface area contributed by atoms with Crippen molar-refractivity contribution in [1.82, 2.24) is 19.9 Å². The van der Waals surface area contributed by atoms with Gasteiger partial charge in [-0.1, -0.05) is 30.3 Å². The van der Waals surface area contributed by atoms with E-state index in [9.17, 15) is 4.79 Å². The second kappa shape index (κ2) is 9.64. The Morgan fingerprint density at radius 3 is 2.62 bits per heavy atom. The Morgan fingerprint density at radius 2 is 1.88 bits per heavy atom. The number of carbonyl (C=O) groups excluding carboxylic acids is 1. The highest BCUT2D eigenvalue weighted by atomic mass is 16.1. The van der Waals surface area contributed by atoms with E-state index in [1.54, 1.807) is 16.9 Å². The zero-order valence-corrected chi connectivity index (χ0v) is 18.9. The number of anilines is 1. The maximum atomic E-state index is 12.8. The quantitative estimate of drug-likeness (QED) is 0.416. The lowest BCUT2D eigenvalue weighted by Crippen LogP contribution is -2.30. The summed E-state index contributed by atoms with van der Waals surface area (Å²) in [6.07, 6.45) is 4.19. The molecule has 4 rings (SSSR count). The number of carbonyl (C=O) groups is 1. The molecule has 2 aromatic carbocycles. The molecule has 0 unspecified atom stereocenters. The topological polar surface area (TPSA) is 62.5 Å². The normalized spacial score (nSPS) is 11.0. The van der Waals surface area contributed by atoms with Crippen LogP contribution in [0.15, 0.2) is 67.0 Å². The van der Waals surface area contributed by atoms with Crippen LogP contribution in [0.25, 0.3) is 16.9 Å². The lowest BCUT2D eigenvalue weighted by Gasteiger charge is -2.23. The highest BCUT2D eigenvalue weighted by Gasteiger charge is 2.16. The number of nitrogens with zero attached hydrogens (tertiary/aromatic N) is 4. The van der Waals surface area contributed by atoms with Crippen molar-refractivity contribution in [3.8, 4) is 11.3 Å². The molecule has 0 atom stereocenters. The Bertz CT molecular complexity index is 1220. The third-order valence-electron chi connectivity index (χ3n) is 5.84. The number of benzene rings is 2. The number of hydrogen-bond donors (Lipinski definition) is 1. The molecule has 0 aliphatic rings. The molecule has 0 spiro atoms. The van der Waals surface area contributed by atoms with Crippen LogP contribution in [0.1, 0.15) is 34.8 Å². The summed E-state index contributed by atoms with van der Waals surface area (Å²) < 4.78 is 1.74. The summed E-state index contributed by atoms with van der Waals surface area (Å²) in [6.45, 7) is 8.73. The van der Waals surface area contributed by atoms with Gasteiger partial charge in [-0.2, -0.15) is 5.10 Å². The van der Waals surface area contributed by atoms with Gasteiger partial charge in [-0.05, 0) is 62.6 Å². The van der Waals surface area contributed by atoms with Gasteiger partial charge >= 0.3 is 0 Å². The Balaban J connectivity index is 1.43. The van der Waals surface area contributed by atoms with Gasteiger partial charge in [0.25, 0.3) is 5.91 Å². The molecular formula is C26H29N5O. The van der Waals surface area contributed by atoms with Crippen molar-refractivity contribution in [1.29, 1.82) is 0 Å². The number of hydrogen-bond acceptors (Lipinski definition) is 4. The van der Waals surface area contributed by atoms with Gasteiger partial charge < -0.3 is 10.2 Å². The first-order chi connectivity index (χ1) is 15.6. The molecule has 6 nitrogen and oxygen atoms in total. The van der Waals surface area contributed by atoms with Crippen molar-refractivity contribution in [2.24, 2.45) is 0 Å². The first kappa shape index (κ1) is 21.6. The SMILES string of the molecule is CCN(CCCNC(=O)c1cnn2c(-c3ccc(C)c(C)c3)ccnc12)c1ccccc1. The smallest absolute Gasteiger partial charge is 0.256 e. The molecule has 2 heterocycles. The highest BCUT2D eigenvalue weighted by Crippen LogP contribution is 2.23. The zero-order valence-electron chi connectivity index (χ0n) is 18.9. The standard InChI is InChI=1S/C26H29N5O/c1-4-30(22-9-6-5-7-10-22)16-8-14-28-26(32)23-18-29-31-24(13-15-27-25(23)31)21-12-11-19(2)20(3)17-21/h5-7,9-13,15,17-18H,4,8,14,16H2,1-3H3,(H,28,32). The molecule has 32 heavy (non-hydrogen) atoms. The van der Waals surface area contributed by atoms with Gasteiger partial charge in [0.2, 0.25) is 0 Å². The maximum Gasteiger partial charge on any atom is 0.256 e. The predicted octanol–water partition coefficient (Wildman–Crippen LogP) is 4.66.